The van der Waals surface area contributed by atoms with Crippen LogP contribution in [-0.4, -0.2) is 18.2 Å². The molecule has 1 aromatic carbocycles. The first-order valence-corrected chi connectivity index (χ1v) is 4.74. The van der Waals surface area contributed by atoms with Gasteiger partial charge in [0.25, 0.3) is 11.7 Å². The highest BCUT2D eigenvalue weighted by Gasteiger charge is 2.35. The number of hydrogen-bond donors (Lipinski definition) is 0. The van der Waals surface area contributed by atoms with Crippen molar-refractivity contribution >= 4 is 17.4 Å². The molecule has 0 saturated heterocycles. The lowest BCUT2D eigenvalue weighted by Crippen LogP contribution is -2.30. The maximum atomic E-state index is 12.9. The highest BCUT2D eigenvalue weighted by Crippen LogP contribution is 2.29. The second-order valence-corrected chi connectivity index (χ2v) is 3.40. The number of anilines is 1. The van der Waals surface area contributed by atoms with Crippen LogP contribution in [0.5, 0.6) is 0 Å². The average Bonchev–Trinajstić information content (AvgIpc) is 2.50. The Morgan fingerprint density at radius 3 is 2.81 bits per heavy atom. The van der Waals surface area contributed by atoms with Gasteiger partial charge >= 0.3 is 0 Å². The zero-order valence-corrected chi connectivity index (χ0v) is 8.37. The summed E-state index contributed by atoms with van der Waals surface area (Å²) in [6.07, 6.45) is 5.45. The number of carbonyl (C=O) groups excluding carboxylic acids is 2. The second-order valence-electron chi connectivity index (χ2n) is 3.40. The minimum absolute atomic E-state index is 0.113. The molecule has 0 aliphatic carbocycles. The van der Waals surface area contributed by atoms with E-state index in [2.05, 4.69) is 5.92 Å². The van der Waals surface area contributed by atoms with Crippen LogP contribution in [0.4, 0.5) is 10.1 Å². The van der Waals surface area contributed by atoms with Gasteiger partial charge < -0.3 is 4.90 Å². The minimum atomic E-state index is -0.675. The Balaban J connectivity index is 2.43. The first kappa shape index (κ1) is 10.4. The zero-order chi connectivity index (χ0) is 11.7. The van der Waals surface area contributed by atoms with Crippen LogP contribution in [0.15, 0.2) is 18.2 Å². The average molecular weight is 217 g/mol. The van der Waals surface area contributed by atoms with E-state index in [1.807, 2.05) is 0 Å². The van der Waals surface area contributed by atoms with Crippen LogP contribution in [0.3, 0.4) is 0 Å². The lowest BCUT2D eigenvalue weighted by molar-refractivity contribution is -0.114. The lowest BCUT2D eigenvalue weighted by atomic mass is 10.1. The number of terminal acetylenes is 1. The molecule has 0 aromatic heterocycles. The molecule has 16 heavy (non-hydrogen) atoms. The van der Waals surface area contributed by atoms with E-state index in [1.54, 1.807) is 0 Å². The van der Waals surface area contributed by atoms with Gasteiger partial charge in [0, 0.05) is 13.0 Å². The van der Waals surface area contributed by atoms with E-state index in [0.29, 0.717) is 12.1 Å². The number of carbonyl (C=O) groups is 2. The maximum Gasteiger partial charge on any atom is 0.299 e. The summed E-state index contributed by atoms with van der Waals surface area (Å²) >= 11 is 0. The predicted octanol–water partition coefficient (Wildman–Crippen LogP) is 1.38. The summed E-state index contributed by atoms with van der Waals surface area (Å²) in [5.41, 5.74) is 0.550. The van der Waals surface area contributed by atoms with Crippen molar-refractivity contribution in [3.8, 4) is 12.3 Å². The molecule has 1 aliphatic heterocycles. The molecule has 4 heteroatoms. The fourth-order valence-electron chi connectivity index (χ4n) is 1.67. The Labute approximate surface area is 91.9 Å². The van der Waals surface area contributed by atoms with Crippen molar-refractivity contribution in [1.29, 1.82) is 0 Å². The molecule has 1 amide bonds. The zero-order valence-electron chi connectivity index (χ0n) is 8.37. The molecule has 0 fully saturated rings. The number of nitrogens with zero attached hydrogens (tertiary/aromatic N) is 1. The van der Waals surface area contributed by atoms with Gasteiger partial charge in [0.1, 0.15) is 5.82 Å². The molecule has 1 aromatic rings. The molecule has 0 bridgehead atoms. The quantitative estimate of drug-likeness (QED) is 0.554. The number of benzene rings is 1. The van der Waals surface area contributed by atoms with Crippen LogP contribution >= 0.6 is 0 Å². The monoisotopic (exact) mass is 217 g/mol. The third kappa shape index (κ3) is 1.47. The summed E-state index contributed by atoms with van der Waals surface area (Å²) in [5, 5.41) is 0. The van der Waals surface area contributed by atoms with Gasteiger partial charge in [-0.25, -0.2) is 4.39 Å². The molecule has 2 rings (SSSR count). The summed E-state index contributed by atoms with van der Waals surface area (Å²) < 4.78 is 12.9. The minimum Gasteiger partial charge on any atom is -0.304 e. The summed E-state index contributed by atoms with van der Waals surface area (Å²) in [4.78, 5) is 24.4. The molecule has 1 heterocycles. The van der Waals surface area contributed by atoms with E-state index in [1.165, 1.54) is 17.0 Å². The van der Waals surface area contributed by atoms with Crippen molar-refractivity contribution < 1.29 is 14.0 Å². The number of ketones is 1. The van der Waals surface area contributed by atoms with E-state index >= 15 is 0 Å². The summed E-state index contributed by atoms with van der Waals surface area (Å²) in [7, 11) is 0. The predicted molar refractivity (Wildman–Crippen MR) is 56.5 cm³/mol. The van der Waals surface area contributed by atoms with Gasteiger partial charge in [0.15, 0.2) is 0 Å². The smallest absolute Gasteiger partial charge is 0.299 e. The topological polar surface area (TPSA) is 37.4 Å². The van der Waals surface area contributed by atoms with Gasteiger partial charge in [0.05, 0.1) is 11.3 Å². The molecule has 0 N–H and O–H groups in total. The number of amides is 1. The Hall–Kier alpha value is -2.15. The largest absolute Gasteiger partial charge is 0.304 e. The fraction of sp³-hybridized carbons (Fsp3) is 0.167. The third-order valence-corrected chi connectivity index (χ3v) is 2.41. The molecular formula is C12H8FNO2. The summed E-state index contributed by atoms with van der Waals surface area (Å²) in [5.74, 6) is 0.547. The van der Waals surface area contributed by atoms with E-state index in [9.17, 15) is 14.0 Å². The SMILES string of the molecule is C#CCCN1C(=O)C(=O)c2cc(F)ccc21. The van der Waals surface area contributed by atoms with E-state index in [-0.39, 0.29) is 12.1 Å². The van der Waals surface area contributed by atoms with E-state index in [4.69, 9.17) is 6.42 Å². The molecule has 3 nitrogen and oxygen atoms in total. The number of hydrogen-bond acceptors (Lipinski definition) is 2. The normalized spacial score (nSPS) is 13.9. The Kier molecular flexibility index (Phi) is 2.45. The van der Waals surface area contributed by atoms with Crippen molar-refractivity contribution in [3.05, 3.63) is 29.6 Å². The van der Waals surface area contributed by atoms with Crippen molar-refractivity contribution in [1.82, 2.24) is 0 Å². The van der Waals surface area contributed by atoms with Crippen LogP contribution in [-0.2, 0) is 4.79 Å². The van der Waals surface area contributed by atoms with Crippen LogP contribution in [0.2, 0.25) is 0 Å². The molecule has 1 aliphatic rings. The Bertz CT molecular complexity index is 516. The van der Waals surface area contributed by atoms with Gasteiger partial charge in [0.2, 0.25) is 0 Å². The molecule has 0 spiro atoms. The number of Topliss-reactive ketones (excluding diaryl/α,β-unsaturated/α-hetero) is 1. The molecule has 0 unspecified atom stereocenters. The molecule has 80 valence electrons. The third-order valence-electron chi connectivity index (χ3n) is 2.41. The van der Waals surface area contributed by atoms with Gasteiger partial charge in [-0.1, -0.05) is 0 Å². The summed E-state index contributed by atoms with van der Waals surface area (Å²) in [6, 6.07) is 3.71. The van der Waals surface area contributed by atoms with Crippen LogP contribution in [0.1, 0.15) is 16.8 Å². The molecular weight excluding hydrogens is 209 g/mol. The number of halogens is 1. The number of fused-ring (bicyclic) bond motifs is 1. The maximum absolute atomic E-state index is 12.9. The van der Waals surface area contributed by atoms with E-state index in [0.717, 1.165) is 6.07 Å². The fourth-order valence-corrected chi connectivity index (χ4v) is 1.67. The van der Waals surface area contributed by atoms with Crippen molar-refractivity contribution in [2.24, 2.45) is 0 Å². The van der Waals surface area contributed by atoms with Crippen molar-refractivity contribution in [2.45, 2.75) is 6.42 Å². The van der Waals surface area contributed by atoms with Crippen molar-refractivity contribution in [2.75, 3.05) is 11.4 Å². The Morgan fingerprint density at radius 2 is 2.12 bits per heavy atom. The first-order valence-electron chi connectivity index (χ1n) is 4.74. The molecule has 0 saturated carbocycles. The van der Waals surface area contributed by atoms with Gasteiger partial charge in [-0.15, -0.1) is 12.3 Å². The first-order chi connectivity index (χ1) is 7.65. The number of rotatable bonds is 2. The van der Waals surface area contributed by atoms with E-state index < -0.39 is 17.5 Å². The summed E-state index contributed by atoms with van der Waals surface area (Å²) in [6.45, 7) is 0.277. The highest BCUT2D eigenvalue weighted by atomic mass is 19.1. The van der Waals surface area contributed by atoms with Gasteiger partial charge in [-0.2, -0.15) is 0 Å². The standard InChI is InChI=1S/C12H8FNO2/c1-2-3-6-14-10-5-4-8(13)7-9(10)11(15)12(14)16/h1,4-5,7H,3,6H2. The second kappa shape index (κ2) is 3.78. The van der Waals surface area contributed by atoms with Crippen LogP contribution in [0, 0.1) is 18.2 Å². The highest BCUT2D eigenvalue weighted by molar-refractivity contribution is 6.52. The Morgan fingerprint density at radius 1 is 1.38 bits per heavy atom. The lowest BCUT2D eigenvalue weighted by Gasteiger charge is -2.14. The molecule has 0 atom stereocenters. The van der Waals surface area contributed by atoms with Gasteiger partial charge in [-0.05, 0) is 18.2 Å². The van der Waals surface area contributed by atoms with Gasteiger partial charge in [-0.3, -0.25) is 9.59 Å². The van der Waals surface area contributed by atoms with Crippen molar-refractivity contribution in [3.63, 3.8) is 0 Å². The van der Waals surface area contributed by atoms with Crippen LogP contribution < -0.4 is 4.90 Å². The molecule has 0 radical (unpaired) electrons. The van der Waals surface area contributed by atoms with Crippen LogP contribution in [0.25, 0.3) is 0 Å².